The van der Waals surface area contributed by atoms with Gasteiger partial charge in [-0.3, -0.25) is 10.1 Å². The highest BCUT2D eigenvalue weighted by atomic mass is 32.1. The molecule has 0 spiro atoms. The van der Waals surface area contributed by atoms with E-state index in [1.165, 1.54) is 17.0 Å². The predicted octanol–water partition coefficient (Wildman–Crippen LogP) is 2.47. The van der Waals surface area contributed by atoms with Gasteiger partial charge in [0.1, 0.15) is 16.6 Å². The highest BCUT2D eigenvalue weighted by molar-refractivity contribution is 7.11. The number of thiazole rings is 1. The van der Waals surface area contributed by atoms with Crippen LogP contribution in [0.15, 0.2) is 18.3 Å². The predicted molar refractivity (Wildman–Crippen MR) is 82.2 cm³/mol. The minimum atomic E-state index is -0.489. The molecule has 0 saturated carbocycles. The molecule has 1 unspecified atom stereocenters. The Morgan fingerprint density at radius 2 is 2.19 bits per heavy atom. The van der Waals surface area contributed by atoms with Gasteiger partial charge in [0.25, 0.3) is 5.69 Å². The number of nitrogens with one attached hydrogen (secondary N) is 2. The van der Waals surface area contributed by atoms with Crippen molar-refractivity contribution >= 4 is 28.7 Å². The van der Waals surface area contributed by atoms with Crippen molar-refractivity contribution in [2.24, 2.45) is 5.84 Å². The lowest BCUT2D eigenvalue weighted by Crippen LogP contribution is -2.12. The molecule has 0 aliphatic heterocycles. The lowest BCUT2D eigenvalue weighted by molar-refractivity contribution is -0.384. The van der Waals surface area contributed by atoms with E-state index in [2.05, 4.69) is 27.6 Å². The molecule has 0 bridgehead atoms. The van der Waals surface area contributed by atoms with Gasteiger partial charge in [-0.25, -0.2) is 15.8 Å². The average molecular weight is 308 g/mol. The molecule has 0 radical (unpaired) electrons. The Morgan fingerprint density at radius 1 is 1.48 bits per heavy atom. The topological polar surface area (TPSA) is 119 Å². The summed E-state index contributed by atoms with van der Waals surface area (Å²) in [7, 11) is 0. The number of pyridine rings is 1. The lowest BCUT2D eigenvalue weighted by Gasteiger charge is -2.12. The summed E-state index contributed by atoms with van der Waals surface area (Å²) in [4.78, 5) is 20.1. The van der Waals surface area contributed by atoms with Crippen LogP contribution < -0.4 is 16.6 Å². The van der Waals surface area contributed by atoms with Crippen LogP contribution in [0.3, 0.4) is 0 Å². The third kappa shape index (κ3) is 3.64. The number of hydrazine groups is 1. The molecule has 1 atom stereocenters. The number of anilines is 2. The van der Waals surface area contributed by atoms with E-state index in [9.17, 15) is 10.1 Å². The SMILES string of the molecule is CCc1cnc(C(C)Nc2cc([N+](=O)[O-])cc(NN)n2)s1. The van der Waals surface area contributed by atoms with Crippen LogP contribution in [-0.2, 0) is 6.42 Å². The number of nitrogens with zero attached hydrogens (tertiary/aromatic N) is 3. The van der Waals surface area contributed by atoms with Crippen LogP contribution in [0.2, 0.25) is 0 Å². The van der Waals surface area contributed by atoms with E-state index >= 15 is 0 Å². The lowest BCUT2D eigenvalue weighted by atomic mass is 10.3. The second-order valence-electron chi connectivity index (χ2n) is 4.38. The van der Waals surface area contributed by atoms with Crippen LogP contribution in [-0.4, -0.2) is 14.9 Å². The second-order valence-corrected chi connectivity index (χ2v) is 5.53. The first kappa shape index (κ1) is 15.1. The molecule has 8 nitrogen and oxygen atoms in total. The summed E-state index contributed by atoms with van der Waals surface area (Å²) < 4.78 is 0. The van der Waals surface area contributed by atoms with Gasteiger partial charge >= 0.3 is 0 Å². The van der Waals surface area contributed by atoms with Gasteiger partial charge < -0.3 is 10.7 Å². The van der Waals surface area contributed by atoms with E-state index in [0.717, 1.165) is 11.4 Å². The van der Waals surface area contributed by atoms with Gasteiger partial charge in [-0.15, -0.1) is 11.3 Å². The number of aromatic nitrogens is 2. The Labute approximate surface area is 125 Å². The fraction of sp³-hybridized carbons (Fsp3) is 0.333. The largest absolute Gasteiger partial charge is 0.361 e. The van der Waals surface area contributed by atoms with Gasteiger partial charge in [0.15, 0.2) is 0 Å². The van der Waals surface area contributed by atoms with Gasteiger partial charge in [-0.2, -0.15) is 0 Å². The molecule has 0 aliphatic rings. The summed E-state index contributed by atoms with van der Waals surface area (Å²) in [5, 5.41) is 14.9. The molecule has 0 saturated heterocycles. The maximum atomic E-state index is 10.9. The monoisotopic (exact) mass is 308 g/mol. The Balaban J connectivity index is 2.21. The minimum absolute atomic E-state index is 0.0824. The zero-order valence-electron chi connectivity index (χ0n) is 11.7. The molecule has 112 valence electrons. The third-order valence-corrected chi connectivity index (χ3v) is 4.15. The molecule has 0 aliphatic carbocycles. The fourth-order valence-corrected chi connectivity index (χ4v) is 2.60. The number of nitro groups is 1. The standard InChI is InChI=1S/C12H16N6O2S/c1-3-9-6-14-12(21-9)7(2)15-10-4-8(18(19)20)5-11(16-10)17-13/h4-7H,3,13H2,1-2H3,(H2,15,16,17). The summed E-state index contributed by atoms with van der Waals surface area (Å²) in [6.07, 6.45) is 2.77. The maximum Gasteiger partial charge on any atom is 0.276 e. The molecule has 2 aromatic heterocycles. The van der Waals surface area contributed by atoms with Crippen LogP contribution in [0.25, 0.3) is 0 Å². The highest BCUT2D eigenvalue weighted by Crippen LogP contribution is 2.26. The van der Waals surface area contributed by atoms with Gasteiger partial charge in [-0.1, -0.05) is 6.92 Å². The van der Waals surface area contributed by atoms with E-state index in [1.54, 1.807) is 11.3 Å². The smallest absolute Gasteiger partial charge is 0.276 e. The molecular weight excluding hydrogens is 292 g/mol. The molecule has 2 aromatic rings. The molecule has 21 heavy (non-hydrogen) atoms. The zero-order valence-corrected chi connectivity index (χ0v) is 12.5. The first-order valence-corrected chi connectivity index (χ1v) is 7.19. The van der Waals surface area contributed by atoms with Crippen molar-refractivity contribution in [2.75, 3.05) is 10.7 Å². The third-order valence-electron chi connectivity index (χ3n) is 2.82. The number of hydrogen-bond acceptors (Lipinski definition) is 8. The minimum Gasteiger partial charge on any atom is -0.361 e. The first-order valence-electron chi connectivity index (χ1n) is 6.37. The molecule has 2 rings (SSSR count). The van der Waals surface area contributed by atoms with Crippen molar-refractivity contribution in [3.05, 3.63) is 38.3 Å². The molecular formula is C12H16N6O2S. The van der Waals surface area contributed by atoms with Gasteiger partial charge in [-0.05, 0) is 13.3 Å². The summed E-state index contributed by atoms with van der Waals surface area (Å²) >= 11 is 1.61. The van der Waals surface area contributed by atoms with Crippen molar-refractivity contribution in [3.8, 4) is 0 Å². The normalized spacial score (nSPS) is 12.0. The van der Waals surface area contributed by atoms with E-state index < -0.39 is 4.92 Å². The maximum absolute atomic E-state index is 10.9. The summed E-state index contributed by atoms with van der Waals surface area (Å²) in [5.74, 6) is 5.88. The number of nitrogen functional groups attached to an aromatic ring is 1. The van der Waals surface area contributed by atoms with Crippen molar-refractivity contribution in [3.63, 3.8) is 0 Å². The van der Waals surface area contributed by atoms with Crippen molar-refractivity contribution in [2.45, 2.75) is 26.3 Å². The van der Waals surface area contributed by atoms with Crippen LogP contribution in [0.5, 0.6) is 0 Å². The Kier molecular flexibility index (Phi) is 4.66. The van der Waals surface area contributed by atoms with E-state index in [0.29, 0.717) is 5.82 Å². The summed E-state index contributed by atoms with van der Waals surface area (Å²) in [6.45, 7) is 3.99. The van der Waals surface area contributed by atoms with E-state index in [-0.39, 0.29) is 17.5 Å². The molecule has 4 N–H and O–H groups in total. The number of rotatable bonds is 6. The molecule has 0 amide bonds. The first-order chi connectivity index (χ1) is 10.0. The van der Waals surface area contributed by atoms with E-state index in [1.807, 2.05) is 13.1 Å². The number of hydrogen-bond donors (Lipinski definition) is 3. The van der Waals surface area contributed by atoms with Gasteiger partial charge in [0, 0.05) is 11.1 Å². The fourth-order valence-electron chi connectivity index (χ4n) is 1.74. The number of nitrogens with two attached hydrogens (primary N) is 1. The van der Waals surface area contributed by atoms with Crippen molar-refractivity contribution < 1.29 is 4.92 Å². The quantitative estimate of drug-likeness (QED) is 0.426. The highest BCUT2D eigenvalue weighted by Gasteiger charge is 2.15. The Morgan fingerprint density at radius 3 is 2.76 bits per heavy atom. The van der Waals surface area contributed by atoms with Crippen LogP contribution >= 0.6 is 11.3 Å². The molecule has 9 heteroatoms. The molecule has 0 aromatic carbocycles. The zero-order chi connectivity index (χ0) is 15.4. The Hall–Kier alpha value is -2.26. The summed E-state index contributed by atoms with van der Waals surface area (Å²) in [6, 6.07) is 2.54. The van der Waals surface area contributed by atoms with Crippen LogP contribution in [0, 0.1) is 10.1 Å². The van der Waals surface area contributed by atoms with E-state index in [4.69, 9.17) is 5.84 Å². The summed E-state index contributed by atoms with van der Waals surface area (Å²) in [5.41, 5.74) is 2.24. The molecule has 0 fully saturated rings. The van der Waals surface area contributed by atoms with Crippen LogP contribution in [0.1, 0.15) is 29.8 Å². The number of aryl methyl sites for hydroxylation is 1. The van der Waals surface area contributed by atoms with Crippen molar-refractivity contribution in [1.29, 1.82) is 0 Å². The second kappa shape index (κ2) is 6.46. The van der Waals surface area contributed by atoms with Crippen molar-refractivity contribution in [1.82, 2.24) is 9.97 Å². The van der Waals surface area contributed by atoms with Crippen LogP contribution in [0.4, 0.5) is 17.3 Å². The molecule has 2 heterocycles. The average Bonchev–Trinajstić information content (AvgIpc) is 2.95. The van der Waals surface area contributed by atoms with Gasteiger partial charge in [0.05, 0.1) is 23.1 Å². The Bertz CT molecular complexity index is 644. The van der Waals surface area contributed by atoms with Gasteiger partial charge in [0.2, 0.25) is 0 Å².